The van der Waals surface area contributed by atoms with Crippen molar-refractivity contribution in [2.24, 2.45) is 5.92 Å². The number of rotatable bonds is 8. The number of hydrogen-bond acceptors (Lipinski definition) is 4. The first kappa shape index (κ1) is 26.6. The van der Waals surface area contributed by atoms with Crippen LogP contribution in [0.2, 0.25) is 0 Å². The lowest BCUT2D eigenvalue weighted by atomic mass is 9.79. The van der Waals surface area contributed by atoms with Crippen LogP contribution in [0, 0.1) is 17.6 Å². The zero-order valence-corrected chi connectivity index (χ0v) is 19.4. The van der Waals surface area contributed by atoms with Crippen molar-refractivity contribution in [1.82, 2.24) is 0 Å². The van der Waals surface area contributed by atoms with E-state index in [1.165, 1.54) is 31.2 Å². The Bertz CT molecular complexity index is 1220. The molecule has 3 aromatic carbocycles. The minimum atomic E-state index is -0.434. The summed E-state index contributed by atoms with van der Waals surface area (Å²) >= 11 is 0. The summed E-state index contributed by atoms with van der Waals surface area (Å²) in [4.78, 5) is 26.3. The number of amides is 1. The fraction of sp³-hybridized carbons (Fsp3) is 0.241. The number of allylic oxidation sites excluding steroid dienone is 1. The number of halogens is 2. The molecule has 1 aliphatic heterocycles. The fourth-order valence-corrected chi connectivity index (χ4v) is 4.22. The molecule has 1 heterocycles. The van der Waals surface area contributed by atoms with Gasteiger partial charge in [-0.1, -0.05) is 37.8 Å². The van der Waals surface area contributed by atoms with Gasteiger partial charge in [0.2, 0.25) is 5.91 Å². The van der Waals surface area contributed by atoms with Gasteiger partial charge in [0.1, 0.15) is 24.0 Å². The minimum absolute atomic E-state index is 0. The number of ether oxygens (including phenoxy) is 2. The third kappa shape index (κ3) is 5.79. The second kappa shape index (κ2) is 11.6. The van der Waals surface area contributed by atoms with Crippen molar-refractivity contribution >= 4 is 23.1 Å². The number of carbonyl (C=O) groups excluding carboxylic acids is 2. The minimum Gasteiger partial charge on any atom is -0.497 e. The van der Waals surface area contributed by atoms with Gasteiger partial charge < -0.3 is 14.4 Å². The number of methoxy groups -OCH3 is 1. The molecule has 7 heteroatoms. The Hall–Kier alpha value is -4.00. The Morgan fingerprint density at radius 3 is 2.08 bits per heavy atom. The van der Waals surface area contributed by atoms with E-state index in [9.17, 15) is 18.4 Å². The number of β-lactam (4-membered cyclic amide) rings is 1. The summed E-state index contributed by atoms with van der Waals surface area (Å²) in [6.45, 7) is 1.33. The van der Waals surface area contributed by atoms with Crippen LogP contribution in [-0.4, -0.2) is 25.6 Å². The molecule has 5 nitrogen and oxygen atoms in total. The number of carbonyl (C=O) groups is 2. The summed E-state index contributed by atoms with van der Waals surface area (Å²) < 4.78 is 37.4. The van der Waals surface area contributed by atoms with Crippen LogP contribution in [-0.2, 0) is 14.3 Å². The van der Waals surface area contributed by atoms with Crippen LogP contribution in [0.25, 0.3) is 5.57 Å². The van der Waals surface area contributed by atoms with E-state index in [0.29, 0.717) is 29.0 Å². The van der Waals surface area contributed by atoms with Crippen LogP contribution in [0.1, 0.15) is 37.9 Å². The SMILES string of the molecule is C.COc1ccc([C@@H]2[C@@H](C/C=C(\COC(C)=O)c3ccc(F)cc3)C(=O)N2c2ccc(F)cc2)cc1. The van der Waals surface area contributed by atoms with Crippen molar-refractivity contribution in [1.29, 1.82) is 0 Å². The molecule has 0 radical (unpaired) electrons. The second-order valence-corrected chi connectivity index (χ2v) is 8.26. The molecule has 0 saturated carbocycles. The summed E-state index contributed by atoms with van der Waals surface area (Å²) in [6.07, 6.45) is 2.23. The van der Waals surface area contributed by atoms with Crippen molar-refractivity contribution in [2.75, 3.05) is 18.6 Å². The second-order valence-electron chi connectivity index (χ2n) is 8.26. The van der Waals surface area contributed by atoms with Crippen LogP contribution >= 0.6 is 0 Å². The Kier molecular flexibility index (Phi) is 8.59. The van der Waals surface area contributed by atoms with Crippen molar-refractivity contribution < 1.29 is 27.8 Å². The molecule has 1 saturated heterocycles. The van der Waals surface area contributed by atoms with Crippen molar-refractivity contribution in [3.63, 3.8) is 0 Å². The number of nitrogens with zero attached hydrogens (tertiary/aromatic N) is 1. The third-order valence-electron chi connectivity index (χ3n) is 6.04. The average Bonchev–Trinajstić information content (AvgIpc) is 2.86. The Morgan fingerprint density at radius 1 is 0.944 bits per heavy atom. The summed E-state index contributed by atoms with van der Waals surface area (Å²) in [5, 5.41) is 0. The maximum absolute atomic E-state index is 13.5. The van der Waals surface area contributed by atoms with Crippen LogP contribution in [0.5, 0.6) is 5.75 Å². The standard InChI is InChI=1S/C28H25F2NO4.CH4/c1-18(32)35-17-21(19-3-8-22(29)9-4-19)7-16-26-27(20-5-14-25(34-2)15-6-20)31(28(26)33)24-12-10-23(30)11-13-24;/h3-15,26-27H,16-17H2,1-2H3;1H4/b21-7+;/t26-,27-;/m1./s1. The first-order chi connectivity index (χ1) is 16.9. The molecule has 188 valence electrons. The van der Waals surface area contributed by atoms with Gasteiger partial charge in [-0.15, -0.1) is 0 Å². The van der Waals surface area contributed by atoms with Gasteiger partial charge in [0, 0.05) is 12.6 Å². The molecular formula is C29H29F2NO4. The third-order valence-corrected chi connectivity index (χ3v) is 6.04. The molecule has 4 rings (SSSR count). The molecule has 2 atom stereocenters. The maximum Gasteiger partial charge on any atom is 0.302 e. The molecule has 0 aromatic heterocycles. The summed E-state index contributed by atoms with van der Waals surface area (Å²) in [6, 6.07) is 18.9. The van der Waals surface area contributed by atoms with Crippen molar-refractivity contribution in [2.45, 2.75) is 26.8 Å². The van der Waals surface area contributed by atoms with Crippen LogP contribution < -0.4 is 9.64 Å². The predicted octanol–water partition coefficient (Wildman–Crippen LogP) is 6.35. The fourth-order valence-electron chi connectivity index (χ4n) is 4.22. The summed E-state index contributed by atoms with van der Waals surface area (Å²) in [5.74, 6) is -0.970. The number of anilines is 1. The summed E-state index contributed by atoms with van der Waals surface area (Å²) in [7, 11) is 1.58. The highest BCUT2D eigenvalue weighted by Gasteiger charge is 2.48. The van der Waals surface area contributed by atoms with E-state index < -0.39 is 5.97 Å². The van der Waals surface area contributed by atoms with Crippen LogP contribution in [0.3, 0.4) is 0 Å². The maximum atomic E-state index is 13.5. The number of hydrogen-bond donors (Lipinski definition) is 0. The monoisotopic (exact) mass is 493 g/mol. The molecule has 0 unspecified atom stereocenters. The molecule has 1 aliphatic rings. The Balaban J connectivity index is 0.00000361. The lowest BCUT2D eigenvalue weighted by molar-refractivity contribution is -0.139. The van der Waals surface area contributed by atoms with Gasteiger partial charge in [-0.25, -0.2) is 8.78 Å². The van der Waals surface area contributed by atoms with Gasteiger partial charge in [0.05, 0.1) is 19.1 Å². The highest BCUT2D eigenvalue weighted by molar-refractivity contribution is 6.03. The first-order valence-electron chi connectivity index (χ1n) is 11.2. The van der Waals surface area contributed by atoms with E-state index in [1.807, 2.05) is 30.3 Å². The topological polar surface area (TPSA) is 55.8 Å². The molecule has 1 fully saturated rings. The van der Waals surface area contributed by atoms with Crippen LogP contribution in [0.4, 0.5) is 14.5 Å². The quantitative estimate of drug-likeness (QED) is 0.271. The number of benzene rings is 3. The number of esters is 1. The van der Waals surface area contributed by atoms with Gasteiger partial charge in [-0.3, -0.25) is 9.59 Å². The first-order valence-corrected chi connectivity index (χ1v) is 11.2. The lowest BCUT2D eigenvalue weighted by Gasteiger charge is -2.47. The van der Waals surface area contributed by atoms with Gasteiger partial charge in [-0.05, 0) is 71.7 Å². The zero-order chi connectivity index (χ0) is 24.9. The largest absolute Gasteiger partial charge is 0.497 e. The van der Waals surface area contributed by atoms with Gasteiger partial charge in [-0.2, -0.15) is 0 Å². The van der Waals surface area contributed by atoms with Gasteiger partial charge in [0.25, 0.3) is 0 Å². The average molecular weight is 494 g/mol. The summed E-state index contributed by atoms with van der Waals surface area (Å²) in [5.41, 5.74) is 2.91. The molecular weight excluding hydrogens is 464 g/mol. The van der Waals surface area contributed by atoms with Crippen molar-refractivity contribution in [3.8, 4) is 5.75 Å². The van der Waals surface area contributed by atoms with E-state index >= 15 is 0 Å². The highest BCUT2D eigenvalue weighted by atomic mass is 19.1. The normalized spacial score (nSPS) is 17.2. The lowest BCUT2D eigenvalue weighted by Crippen LogP contribution is -2.55. The van der Waals surface area contributed by atoms with Gasteiger partial charge in [0.15, 0.2) is 0 Å². The van der Waals surface area contributed by atoms with E-state index in [-0.39, 0.29) is 43.5 Å². The van der Waals surface area contributed by atoms with E-state index in [4.69, 9.17) is 9.47 Å². The highest BCUT2D eigenvalue weighted by Crippen LogP contribution is 2.45. The molecule has 36 heavy (non-hydrogen) atoms. The van der Waals surface area contributed by atoms with E-state index in [0.717, 1.165) is 5.56 Å². The van der Waals surface area contributed by atoms with E-state index in [1.54, 1.807) is 36.3 Å². The van der Waals surface area contributed by atoms with E-state index in [2.05, 4.69) is 0 Å². The Morgan fingerprint density at radius 2 is 1.53 bits per heavy atom. The molecule has 0 N–H and O–H groups in total. The molecule has 0 aliphatic carbocycles. The molecule has 0 bridgehead atoms. The smallest absolute Gasteiger partial charge is 0.302 e. The Labute approximate surface area is 210 Å². The molecule has 3 aromatic rings. The zero-order valence-electron chi connectivity index (χ0n) is 19.4. The van der Waals surface area contributed by atoms with Crippen molar-refractivity contribution in [3.05, 3.63) is 102 Å². The van der Waals surface area contributed by atoms with Crippen LogP contribution in [0.15, 0.2) is 78.9 Å². The van der Waals surface area contributed by atoms with Gasteiger partial charge >= 0.3 is 5.97 Å². The molecule has 0 spiro atoms. The predicted molar refractivity (Wildman–Crippen MR) is 135 cm³/mol. The molecule has 1 amide bonds.